The molecule has 2 aromatic rings. The highest BCUT2D eigenvalue weighted by atomic mass is 19.1. The Kier molecular flexibility index (Phi) is 5.94. The van der Waals surface area contributed by atoms with Crippen LogP contribution in [-0.2, 0) is 0 Å². The van der Waals surface area contributed by atoms with Crippen molar-refractivity contribution in [3.8, 4) is 17.1 Å². The van der Waals surface area contributed by atoms with E-state index in [0.29, 0.717) is 5.56 Å². The lowest BCUT2D eigenvalue weighted by Crippen LogP contribution is -2.40. The van der Waals surface area contributed by atoms with Crippen LogP contribution < -0.4 is 15.0 Å². The third kappa shape index (κ3) is 3.89. The molecule has 1 amide bonds. The van der Waals surface area contributed by atoms with Crippen molar-refractivity contribution in [2.24, 2.45) is 0 Å². The van der Waals surface area contributed by atoms with E-state index in [9.17, 15) is 9.18 Å². The Morgan fingerprint density at radius 1 is 1.40 bits per heavy atom. The Morgan fingerprint density at radius 3 is 2.64 bits per heavy atom. The first-order valence-electron chi connectivity index (χ1n) is 7.46. The zero-order chi connectivity index (χ0) is 18.6. The zero-order valence-electron chi connectivity index (χ0n) is 14.1. The van der Waals surface area contributed by atoms with Crippen LogP contribution in [0.3, 0.4) is 0 Å². The van der Waals surface area contributed by atoms with E-state index in [4.69, 9.17) is 19.5 Å². The van der Waals surface area contributed by atoms with Gasteiger partial charge in [-0.3, -0.25) is 4.79 Å². The van der Waals surface area contributed by atoms with Crippen LogP contribution in [-0.4, -0.2) is 61.7 Å². The summed E-state index contributed by atoms with van der Waals surface area (Å²) in [6, 6.07) is 3.19. The fourth-order valence-electron chi connectivity index (χ4n) is 2.20. The largest absolute Gasteiger partial charge is 0.494 e. The molecule has 0 spiro atoms. The minimum atomic E-state index is -0.826. The first kappa shape index (κ1) is 18.7. The highest BCUT2D eigenvalue weighted by molar-refractivity contribution is 6.04. The number of amides is 1. The third-order valence-corrected chi connectivity index (χ3v) is 3.51. The minimum Gasteiger partial charge on any atom is -0.494 e. The molecule has 8 nitrogen and oxygen atoms in total. The second-order valence-corrected chi connectivity index (χ2v) is 5.49. The molecule has 0 aliphatic heterocycles. The van der Waals surface area contributed by atoms with Crippen molar-refractivity contribution in [2.45, 2.75) is 6.04 Å². The topological polar surface area (TPSA) is 108 Å². The average Bonchev–Trinajstić information content (AvgIpc) is 3.05. The van der Waals surface area contributed by atoms with E-state index in [2.05, 4.69) is 10.5 Å². The number of hydrogen-bond acceptors (Lipinski definition) is 7. The number of methoxy groups -OCH3 is 1. The molecule has 0 aliphatic carbocycles. The van der Waals surface area contributed by atoms with Gasteiger partial charge in [0, 0.05) is 19.7 Å². The Labute approximate surface area is 143 Å². The smallest absolute Gasteiger partial charge is 0.259 e. The van der Waals surface area contributed by atoms with Crippen molar-refractivity contribution in [3.63, 3.8) is 0 Å². The van der Waals surface area contributed by atoms with Gasteiger partial charge in [0.15, 0.2) is 23.1 Å². The molecule has 0 atom stereocenters. The molecule has 0 aliphatic rings. The van der Waals surface area contributed by atoms with Crippen molar-refractivity contribution in [1.82, 2.24) is 10.5 Å². The molecule has 2 rings (SSSR count). The summed E-state index contributed by atoms with van der Waals surface area (Å²) in [7, 11) is 4.69. The van der Waals surface area contributed by atoms with Crippen LogP contribution in [0.15, 0.2) is 22.7 Å². The molecule has 0 fully saturated rings. The maximum absolute atomic E-state index is 13.6. The van der Waals surface area contributed by atoms with Crippen molar-refractivity contribution in [1.29, 1.82) is 0 Å². The first-order chi connectivity index (χ1) is 11.9. The van der Waals surface area contributed by atoms with Crippen LogP contribution in [0.1, 0.15) is 10.4 Å². The van der Waals surface area contributed by atoms with Gasteiger partial charge in [-0.05, 0) is 18.2 Å². The van der Waals surface area contributed by atoms with E-state index in [1.807, 2.05) is 0 Å². The molecule has 3 N–H and O–H groups in total. The van der Waals surface area contributed by atoms with Gasteiger partial charge in [-0.2, -0.15) is 0 Å². The highest BCUT2D eigenvalue weighted by Crippen LogP contribution is 2.33. The molecule has 0 saturated carbocycles. The number of ether oxygens (including phenoxy) is 1. The van der Waals surface area contributed by atoms with E-state index >= 15 is 0 Å². The third-order valence-electron chi connectivity index (χ3n) is 3.51. The van der Waals surface area contributed by atoms with Crippen LogP contribution in [0.4, 0.5) is 10.2 Å². The number of nitrogens with zero attached hydrogens (tertiary/aromatic N) is 2. The monoisotopic (exact) mass is 353 g/mol. The molecule has 136 valence electrons. The van der Waals surface area contributed by atoms with E-state index < -0.39 is 31.0 Å². The first-order valence-corrected chi connectivity index (χ1v) is 7.46. The van der Waals surface area contributed by atoms with Gasteiger partial charge in [0.25, 0.3) is 5.91 Å². The molecule has 0 bridgehead atoms. The summed E-state index contributed by atoms with van der Waals surface area (Å²) in [6.07, 6.45) is 0. The average molecular weight is 353 g/mol. The predicted octanol–water partition coefficient (Wildman–Crippen LogP) is 0.638. The summed E-state index contributed by atoms with van der Waals surface area (Å²) in [5.41, 5.74) is 0.499. The normalized spacial score (nSPS) is 10.8. The molecule has 1 aromatic heterocycles. The number of halogens is 1. The molecule has 0 radical (unpaired) electrons. The van der Waals surface area contributed by atoms with Crippen molar-refractivity contribution < 1.29 is 28.7 Å². The molecule has 1 heterocycles. The number of anilines is 1. The second kappa shape index (κ2) is 7.95. The second-order valence-electron chi connectivity index (χ2n) is 5.49. The van der Waals surface area contributed by atoms with E-state index in [0.717, 1.165) is 0 Å². The fourth-order valence-corrected chi connectivity index (χ4v) is 2.20. The maximum atomic E-state index is 13.6. The summed E-state index contributed by atoms with van der Waals surface area (Å²) >= 11 is 0. The standard InChI is InChI=1S/C16H20FN3O5/c1-20(2)15-13(16(23)18-10(7-21)8-22)14(25-19-15)9-4-5-11(17)12(6-9)24-3/h4-6,10,21-22H,7-8H2,1-3H3,(H,18,23). The van der Waals surface area contributed by atoms with Gasteiger partial charge in [0.2, 0.25) is 0 Å². The van der Waals surface area contributed by atoms with Gasteiger partial charge in [-0.15, -0.1) is 0 Å². The van der Waals surface area contributed by atoms with Gasteiger partial charge >= 0.3 is 0 Å². The zero-order valence-corrected chi connectivity index (χ0v) is 14.1. The Morgan fingerprint density at radius 2 is 2.08 bits per heavy atom. The Bertz CT molecular complexity index is 743. The SMILES string of the molecule is COc1cc(-c2onc(N(C)C)c2C(=O)NC(CO)CO)ccc1F. The molecular formula is C16H20FN3O5. The van der Waals surface area contributed by atoms with Crippen LogP contribution >= 0.6 is 0 Å². The van der Waals surface area contributed by atoms with E-state index in [1.54, 1.807) is 19.0 Å². The molecule has 1 aromatic carbocycles. The van der Waals surface area contributed by atoms with Crippen molar-refractivity contribution in [2.75, 3.05) is 39.3 Å². The fraction of sp³-hybridized carbons (Fsp3) is 0.375. The van der Waals surface area contributed by atoms with Crippen molar-refractivity contribution >= 4 is 11.7 Å². The predicted molar refractivity (Wildman–Crippen MR) is 88.2 cm³/mol. The molecule has 0 saturated heterocycles. The number of rotatable bonds is 7. The number of hydrogen-bond donors (Lipinski definition) is 3. The minimum absolute atomic E-state index is 0.00439. The number of nitrogens with one attached hydrogen (secondary N) is 1. The number of aliphatic hydroxyl groups is 2. The van der Waals surface area contributed by atoms with Gasteiger partial charge < -0.3 is 29.7 Å². The van der Waals surface area contributed by atoms with Crippen LogP contribution in [0.25, 0.3) is 11.3 Å². The number of aromatic nitrogens is 1. The lowest BCUT2D eigenvalue weighted by atomic mass is 10.1. The number of carbonyl (C=O) groups excluding carboxylic acids is 1. The van der Waals surface area contributed by atoms with Crippen LogP contribution in [0.2, 0.25) is 0 Å². The number of aliphatic hydroxyl groups excluding tert-OH is 2. The summed E-state index contributed by atoms with van der Waals surface area (Å²) in [5, 5.41) is 24.7. The highest BCUT2D eigenvalue weighted by Gasteiger charge is 2.27. The van der Waals surface area contributed by atoms with Gasteiger partial charge in [-0.25, -0.2) is 4.39 Å². The summed E-state index contributed by atoms with van der Waals surface area (Å²) in [6.45, 7) is -0.852. The molecular weight excluding hydrogens is 333 g/mol. The lowest BCUT2D eigenvalue weighted by Gasteiger charge is -2.15. The number of benzene rings is 1. The Balaban J connectivity index is 2.51. The van der Waals surface area contributed by atoms with Gasteiger partial charge in [0.1, 0.15) is 5.56 Å². The van der Waals surface area contributed by atoms with Gasteiger partial charge in [0.05, 0.1) is 26.4 Å². The van der Waals surface area contributed by atoms with Gasteiger partial charge in [-0.1, -0.05) is 5.16 Å². The van der Waals surface area contributed by atoms with E-state index in [-0.39, 0.29) is 22.9 Å². The Hall–Kier alpha value is -2.65. The lowest BCUT2D eigenvalue weighted by molar-refractivity contribution is 0.0880. The van der Waals surface area contributed by atoms with E-state index in [1.165, 1.54) is 25.3 Å². The van der Waals surface area contributed by atoms with Crippen molar-refractivity contribution in [3.05, 3.63) is 29.6 Å². The molecule has 0 unspecified atom stereocenters. The summed E-state index contributed by atoms with van der Waals surface area (Å²) < 4.78 is 23.9. The number of carbonyl (C=O) groups is 1. The molecule has 9 heteroatoms. The molecule has 25 heavy (non-hydrogen) atoms. The maximum Gasteiger partial charge on any atom is 0.259 e. The quantitative estimate of drug-likeness (QED) is 0.670. The van der Waals surface area contributed by atoms with Crippen LogP contribution in [0.5, 0.6) is 5.75 Å². The summed E-state index contributed by atoms with van der Waals surface area (Å²) in [4.78, 5) is 14.2. The summed E-state index contributed by atoms with van der Waals surface area (Å²) in [5.74, 6) is -0.767. The van der Waals surface area contributed by atoms with Crippen LogP contribution in [0, 0.1) is 5.82 Å².